The summed E-state index contributed by atoms with van der Waals surface area (Å²) in [5.74, 6) is -1.86. The molecule has 2 aromatic heterocycles. The predicted molar refractivity (Wildman–Crippen MR) is 237 cm³/mol. The normalized spacial score (nSPS) is 13.8. The Morgan fingerprint density at radius 2 is 0.971 bits per heavy atom. The van der Waals surface area contributed by atoms with Crippen LogP contribution < -0.4 is 9.47 Å². The maximum Gasteiger partial charge on any atom is 0.416 e. The highest BCUT2D eigenvalue weighted by atomic mass is 19.4. The molecule has 6 aromatic rings. The van der Waals surface area contributed by atoms with E-state index in [0.717, 1.165) is 41.8 Å². The van der Waals surface area contributed by atoms with Crippen LogP contribution in [0.15, 0.2) is 122 Å². The van der Waals surface area contributed by atoms with Gasteiger partial charge in [-0.25, -0.2) is 18.4 Å². The number of halogens is 8. The average molecular weight is 943 g/mol. The molecule has 8 rings (SSSR count). The van der Waals surface area contributed by atoms with E-state index < -0.39 is 41.2 Å². The molecule has 0 spiro atoms. The van der Waals surface area contributed by atoms with Crippen LogP contribution in [0.3, 0.4) is 0 Å². The summed E-state index contributed by atoms with van der Waals surface area (Å²) >= 11 is 0. The minimum atomic E-state index is -4.53. The Kier molecular flexibility index (Phi) is 15.1. The Morgan fingerprint density at radius 1 is 0.559 bits per heavy atom. The zero-order valence-electron chi connectivity index (χ0n) is 36.3. The Balaban J connectivity index is 0.000000202. The number of pyridine rings is 2. The molecule has 68 heavy (non-hydrogen) atoms. The lowest BCUT2D eigenvalue weighted by Gasteiger charge is -2.17. The highest BCUT2D eigenvalue weighted by molar-refractivity contribution is 5.97. The second kappa shape index (κ2) is 21.1. The number of benzene rings is 4. The molecule has 2 aliphatic rings. The first kappa shape index (κ1) is 48.6. The molecule has 0 saturated carbocycles. The van der Waals surface area contributed by atoms with E-state index in [0.29, 0.717) is 82.4 Å². The molecule has 0 amide bonds. The van der Waals surface area contributed by atoms with Gasteiger partial charge in [-0.15, -0.1) is 0 Å². The fourth-order valence-corrected chi connectivity index (χ4v) is 7.99. The Morgan fingerprint density at radius 3 is 1.38 bits per heavy atom. The van der Waals surface area contributed by atoms with E-state index in [9.17, 15) is 49.8 Å². The first-order valence-corrected chi connectivity index (χ1v) is 21.4. The largest absolute Gasteiger partial charge is 0.488 e. The van der Waals surface area contributed by atoms with Crippen molar-refractivity contribution in [3.05, 3.63) is 189 Å². The maximum absolute atomic E-state index is 13.6. The van der Waals surface area contributed by atoms with Gasteiger partial charge in [-0.3, -0.25) is 9.97 Å². The zero-order chi connectivity index (χ0) is 48.6. The number of allylic oxidation sites excluding steroid dienone is 4. The fourth-order valence-electron chi connectivity index (χ4n) is 7.99. The summed E-state index contributed by atoms with van der Waals surface area (Å²) in [5, 5.41) is 9.28. The van der Waals surface area contributed by atoms with Gasteiger partial charge in [0.05, 0.1) is 28.9 Å². The lowest BCUT2D eigenvalue weighted by molar-refractivity contribution is -0.138. The topological polar surface area (TPSA) is 108 Å². The first-order valence-electron chi connectivity index (χ1n) is 21.4. The molecule has 0 bridgehead atoms. The lowest BCUT2D eigenvalue weighted by Crippen LogP contribution is -2.07. The van der Waals surface area contributed by atoms with E-state index in [4.69, 9.17) is 14.2 Å². The van der Waals surface area contributed by atoms with Crippen molar-refractivity contribution in [3.8, 4) is 11.5 Å². The third-order valence-electron chi connectivity index (χ3n) is 11.2. The van der Waals surface area contributed by atoms with Crippen molar-refractivity contribution in [2.24, 2.45) is 0 Å². The molecule has 352 valence electrons. The smallest absolute Gasteiger partial charge is 0.416 e. The monoisotopic (exact) mass is 942 g/mol. The molecule has 0 unspecified atom stereocenters. The summed E-state index contributed by atoms with van der Waals surface area (Å²) in [4.78, 5) is 31.6. The van der Waals surface area contributed by atoms with Crippen LogP contribution in [0, 0.1) is 11.6 Å². The molecule has 4 aromatic carbocycles. The van der Waals surface area contributed by atoms with Gasteiger partial charge in [-0.2, -0.15) is 26.3 Å². The molecule has 2 heterocycles. The Bertz CT molecular complexity index is 2860. The molecule has 0 saturated heterocycles. The molecular weight excluding hydrogens is 901 g/mol. The summed E-state index contributed by atoms with van der Waals surface area (Å²) in [5.41, 5.74) is 4.86. The minimum Gasteiger partial charge on any atom is -0.488 e. The molecule has 2 aliphatic carbocycles. The van der Waals surface area contributed by atoms with Gasteiger partial charge in [-0.05, 0) is 163 Å². The quantitative estimate of drug-likeness (QED) is 0.0901. The lowest BCUT2D eigenvalue weighted by atomic mass is 9.95. The average Bonchev–Trinajstić information content (AvgIpc) is 4.02. The van der Waals surface area contributed by atoms with E-state index in [1.165, 1.54) is 61.1 Å². The number of esters is 1. The van der Waals surface area contributed by atoms with Crippen LogP contribution in [0.25, 0.3) is 22.3 Å². The molecule has 0 aliphatic heterocycles. The van der Waals surface area contributed by atoms with Crippen molar-refractivity contribution in [2.45, 2.75) is 71.0 Å². The van der Waals surface area contributed by atoms with Crippen LogP contribution >= 0.6 is 0 Å². The number of carboxylic acids is 1. The highest BCUT2D eigenvalue weighted by Crippen LogP contribution is 2.46. The van der Waals surface area contributed by atoms with Crippen molar-refractivity contribution in [1.29, 1.82) is 0 Å². The van der Waals surface area contributed by atoms with E-state index in [1.807, 2.05) is 0 Å². The second-order valence-corrected chi connectivity index (χ2v) is 15.8. The summed E-state index contributed by atoms with van der Waals surface area (Å²) in [6, 6.07) is 21.2. The van der Waals surface area contributed by atoms with Gasteiger partial charge < -0.3 is 19.3 Å². The van der Waals surface area contributed by atoms with Gasteiger partial charge in [0, 0.05) is 35.9 Å². The third-order valence-corrected chi connectivity index (χ3v) is 11.2. The number of carbonyl (C=O) groups excluding carboxylic acids is 1. The van der Waals surface area contributed by atoms with Crippen LogP contribution in [-0.2, 0) is 30.3 Å². The van der Waals surface area contributed by atoms with Crippen LogP contribution in [0.5, 0.6) is 11.5 Å². The van der Waals surface area contributed by atoms with E-state index in [2.05, 4.69) is 9.97 Å². The van der Waals surface area contributed by atoms with Crippen molar-refractivity contribution in [1.82, 2.24) is 9.97 Å². The number of aromatic carboxylic acids is 1. The van der Waals surface area contributed by atoms with E-state index >= 15 is 0 Å². The van der Waals surface area contributed by atoms with Crippen molar-refractivity contribution >= 4 is 34.2 Å². The number of rotatable bonds is 13. The second-order valence-electron chi connectivity index (χ2n) is 15.8. The van der Waals surface area contributed by atoms with Crippen molar-refractivity contribution in [3.63, 3.8) is 0 Å². The number of nitrogens with zero attached hydrogens (tertiary/aromatic N) is 2. The fraction of sp³-hybridized carbons (Fsp3) is 0.231. The molecule has 0 atom stereocenters. The maximum atomic E-state index is 13.6. The third kappa shape index (κ3) is 12.0. The van der Waals surface area contributed by atoms with Crippen LogP contribution in [0.2, 0.25) is 0 Å². The summed E-state index contributed by atoms with van der Waals surface area (Å²) < 4.78 is 124. The van der Waals surface area contributed by atoms with Gasteiger partial charge in [0.15, 0.2) is 0 Å². The molecule has 16 heteroatoms. The van der Waals surface area contributed by atoms with Crippen LogP contribution in [0.4, 0.5) is 35.1 Å². The van der Waals surface area contributed by atoms with Gasteiger partial charge in [-0.1, -0.05) is 24.3 Å². The molecule has 1 N–H and O–H groups in total. The molecular formula is C52H42F8N2O6. The molecule has 0 fully saturated rings. The number of hydrogen-bond donors (Lipinski definition) is 1. The predicted octanol–water partition coefficient (Wildman–Crippen LogP) is 13.7. The summed E-state index contributed by atoms with van der Waals surface area (Å²) in [7, 11) is 0. The molecule has 0 radical (unpaired) electrons. The van der Waals surface area contributed by atoms with Crippen LogP contribution in [0.1, 0.15) is 111 Å². The first-order chi connectivity index (χ1) is 32.5. The van der Waals surface area contributed by atoms with E-state index in [1.54, 1.807) is 43.5 Å². The number of carbonyl (C=O) groups is 2. The number of alkyl halides is 6. The van der Waals surface area contributed by atoms with Gasteiger partial charge in [0.25, 0.3) is 0 Å². The van der Waals surface area contributed by atoms with Gasteiger partial charge >= 0.3 is 24.3 Å². The van der Waals surface area contributed by atoms with Gasteiger partial charge in [0.1, 0.15) is 36.3 Å². The summed E-state index contributed by atoms with van der Waals surface area (Å²) in [6.07, 6.45) is 0.385. The Hall–Kier alpha value is -7.36. The zero-order valence-corrected chi connectivity index (χ0v) is 36.3. The molecule has 8 nitrogen and oxygen atoms in total. The number of carboxylic acid groups (broad SMARTS) is 1. The highest BCUT2D eigenvalue weighted by Gasteiger charge is 2.34. The summed E-state index contributed by atoms with van der Waals surface area (Å²) in [6.45, 7) is 2.04. The number of aromatic nitrogens is 2. The van der Waals surface area contributed by atoms with Crippen LogP contribution in [-0.4, -0.2) is 33.6 Å². The minimum absolute atomic E-state index is 0.00285. The van der Waals surface area contributed by atoms with Crippen molar-refractivity contribution in [2.75, 3.05) is 6.61 Å². The SMILES string of the molecule is CCOC(=O)c1cncc(C2=C(c3cc(C(F)(F)F)ccc3OCc3ccc(F)cc3)CCC2)c1.O=C(O)c1cncc(C2=C(c3cc(C(F)(F)F)ccc3OCc3ccc(F)cc3)CCC2)c1. The number of hydrogen-bond acceptors (Lipinski definition) is 7. The van der Waals surface area contributed by atoms with Gasteiger partial charge in [0.2, 0.25) is 0 Å². The van der Waals surface area contributed by atoms with E-state index in [-0.39, 0.29) is 42.5 Å². The Labute approximate surface area is 385 Å². The van der Waals surface area contributed by atoms with Crippen molar-refractivity contribution < 1.29 is 64.0 Å². The number of ether oxygens (including phenoxy) is 3. The standard InChI is InChI=1S/C27H23F4NO3.C25H19F4NO3/c1-2-34-26(33)19-12-18(14-32-15-19)22-4-3-5-23(22)24-13-20(27(29,30)31)8-11-25(24)35-16-17-6-9-21(28)10-7-17;26-19-7-4-15(5-8-19)14-33-23-9-6-18(25(27,28)29)11-22(23)21-3-1-2-20(21)16-10-17(24(31)32)13-30-12-16/h6-15H,2-5,16H2,1H3;4-13H,1-3,14H2,(H,31,32).